The van der Waals surface area contributed by atoms with Crippen LogP contribution in [0.4, 0.5) is 13.2 Å². The van der Waals surface area contributed by atoms with E-state index in [-0.39, 0.29) is 17.5 Å². The van der Waals surface area contributed by atoms with Gasteiger partial charge in [-0.15, -0.1) is 0 Å². The predicted octanol–water partition coefficient (Wildman–Crippen LogP) is 3.01. The molecule has 0 saturated carbocycles. The monoisotopic (exact) mass is 464 g/mol. The summed E-state index contributed by atoms with van der Waals surface area (Å²) >= 11 is 0. The molecule has 0 bridgehead atoms. The zero-order valence-corrected chi connectivity index (χ0v) is 17.5. The molecule has 1 aliphatic heterocycles. The summed E-state index contributed by atoms with van der Waals surface area (Å²) in [6.45, 7) is 2.02. The van der Waals surface area contributed by atoms with Crippen molar-refractivity contribution in [2.75, 3.05) is 7.11 Å². The van der Waals surface area contributed by atoms with E-state index in [0.29, 0.717) is 40.3 Å². The lowest BCUT2D eigenvalue weighted by molar-refractivity contribution is -0.192. The number of pyridine rings is 1. The van der Waals surface area contributed by atoms with Gasteiger partial charge in [0.05, 0.1) is 29.6 Å². The molecule has 9 nitrogen and oxygen atoms in total. The second-order valence-corrected chi connectivity index (χ2v) is 6.99. The van der Waals surface area contributed by atoms with Crippen LogP contribution >= 0.6 is 0 Å². The van der Waals surface area contributed by atoms with Crippen molar-refractivity contribution in [2.24, 2.45) is 0 Å². The second kappa shape index (κ2) is 9.27. The first-order valence-corrected chi connectivity index (χ1v) is 9.75. The minimum absolute atomic E-state index is 0.252. The van der Waals surface area contributed by atoms with Crippen LogP contribution in [0.1, 0.15) is 42.0 Å². The number of benzene rings is 1. The lowest BCUT2D eigenvalue weighted by Gasteiger charge is -2.18. The Bertz CT molecular complexity index is 1270. The van der Waals surface area contributed by atoms with Gasteiger partial charge in [0, 0.05) is 6.20 Å². The SMILES string of the molecule is CCCC1NC(=O)c2cccnc2-n2c1nc1ccc(OC)cc1c2=O.O=C(O)C(F)(F)F. The number of carbonyl (C=O) groups is 2. The van der Waals surface area contributed by atoms with Crippen molar-refractivity contribution in [1.29, 1.82) is 0 Å². The van der Waals surface area contributed by atoms with Gasteiger partial charge in [-0.1, -0.05) is 13.3 Å². The number of amides is 1. The quantitative estimate of drug-likeness (QED) is 0.611. The number of nitrogens with one attached hydrogen (secondary N) is 1. The van der Waals surface area contributed by atoms with Crippen molar-refractivity contribution in [3.63, 3.8) is 0 Å². The number of fused-ring (bicyclic) bond motifs is 4. The summed E-state index contributed by atoms with van der Waals surface area (Å²) in [6.07, 6.45) is -2.00. The highest BCUT2D eigenvalue weighted by molar-refractivity contribution is 5.98. The summed E-state index contributed by atoms with van der Waals surface area (Å²) in [6, 6.07) is 8.17. The highest BCUT2D eigenvalue weighted by atomic mass is 19.4. The fraction of sp³-hybridized carbons (Fsp3) is 0.286. The molecule has 1 atom stereocenters. The van der Waals surface area contributed by atoms with E-state index in [1.54, 1.807) is 43.6 Å². The number of aromatic nitrogens is 3. The molecule has 4 rings (SSSR count). The van der Waals surface area contributed by atoms with E-state index in [4.69, 9.17) is 19.6 Å². The molecular formula is C21H19F3N4O5. The maximum Gasteiger partial charge on any atom is 0.490 e. The Balaban J connectivity index is 0.000000383. The molecule has 1 unspecified atom stereocenters. The maximum atomic E-state index is 13.3. The van der Waals surface area contributed by atoms with Gasteiger partial charge in [0.1, 0.15) is 11.6 Å². The number of carboxylic acids is 1. The number of carbonyl (C=O) groups excluding carboxylic acids is 1. The first-order chi connectivity index (χ1) is 15.6. The number of carboxylic acid groups (broad SMARTS) is 1. The van der Waals surface area contributed by atoms with Gasteiger partial charge in [0.2, 0.25) is 0 Å². The maximum absolute atomic E-state index is 13.3. The summed E-state index contributed by atoms with van der Waals surface area (Å²) in [5.74, 6) is -1.63. The first-order valence-electron chi connectivity index (χ1n) is 9.75. The lowest BCUT2D eigenvalue weighted by Crippen LogP contribution is -2.30. The largest absolute Gasteiger partial charge is 0.497 e. The molecule has 2 aromatic heterocycles. The fourth-order valence-corrected chi connectivity index (χ4v) is 3.29. The van der Waals surface area contributed by atoms with Gasteiger partial charge < -0.3 is 15.2 Å². The number of hydrogen-bond acceptors (Lipinski definition) is 6. The van der Waals surface area contributed by atoms with Crippen LogP contribution in [-0.2, 0) is 4.79 Å². The number of aliphatic carboxylic acids is 1. The second-order valence-electron chi connectivity index (χ2n) is 6.99. The third-order valence-corrected chi connectivity index (χ3v) is 4.78. The molecule has 1 aliphatic rings. The summed E-state index contributed by atoms with van der Waals surface area (Å²) in [4.78, 5) is 43.9. The van der Waals surface area contributed by atoms with Crippen LogP contribution in [0.2, 0.25) is 0 Å². The Morgan fingerprint density at radius 3 is 2.58 bits per heavy atom. The molecule has 1 amide bonds. The Morgan fingerprint density at radius 1 is 1.27 bits per heavy atom. The Hall–Kier alpha value is -3.96. The van der Waals surface area contributed by atoms with E-state index >= 15 is 0 Å². The van der Waals surface area contributed by atoms with E-state index in [0.717, 1.165) is 6.42 Å². The van der Waals surface area contributed by atoms with Gasteiger partial charge in [0.25, 0.3) is 11.5 Å². The molecule has 174 valence electrons. The summed E-state index contributed by atoms with van der Waals surface area (Å²) in [5, 5.41) is 10.5. The zero-order valence-electron chi connectivity index (χ0n) is 17.5. The predicted molar refractivity (Wildman–Crippen MR) is 110 cm³/mol. The van der Waals surface area contributed by atoms with Gasteiger partial charge in [-0.3, -0.25) is 9.59 Å². The minimum Gasteiger partial charge on any atom is -0.497 e. The normalized spacial score (nSPS) is 14.8. The smallest absolute Gasteiger partial charge is 0.490 e. The van der Waals surface area contributed by atoms with Crippen LogP contribution in [0.5, 0.6) is 5.75 Å². The number of nitrogens with zero attached hydrogens (tertiary/aromatic N) is 3. The summed E-state index contributed by atoms with van der Waals surface area (Å²) < 4.78 is 38.4. The summed E-state index contributed by atoms with van der Waals surface area (Å²) in [7, 11) is 1.55. The van der Waals surface area contributed by atoms with E-state index in [2.05, 4.69) is 10.3 Å². The van der Waals surface area contributed by atoms with E-state index in [1.807, 2.05) is 6.92 Å². The van der Waals surface area contributed by atoms with Crippen LogP contribution in [0.3, 0.4) is 0 Å². The van der Waals surface area contributed by atoms with Crippen molar-refractivity contribution in [3.8, 4) is 11.6 Å². The lowest BCUT2D eigenvalue weighted by atomic mass is 10.1. The third-order valence-electron chi connectivity index (χ3n) is 4.78. The molecule has 0 spiro atoms. The van der Waals surface area contributed by atoms with Crippen molar-refractivity contribution in [1.82, 2.24) is 19.9 Å². The number of rotatable bonds is 3. The van der Waals surface area contributed by atoms with Crippen LogP contribution < -0.4 is 15.6 Å². The molecule has 0 aliphatic carbocycles. The number of ether oxygens (including phenoxy) is 1. The fourth-order valence-electron chi connectivity index (χ4n) is 3.29. The molecule has 12 heteroatoms. The van der Waals surface area contributed by atoms with Crippen LogP contribution in [0, 0.1) is 0 Å². The van der Waals surface area contributed by atoms with E-state index in [1.165, 1.54) is 4.57 Å². The molecule has 3 heterocycles. The zero-order chi connectivity index (χ0) is 24.3. The Labute approximate surface area is 184 Å². The molecule has 33 heavy (non-hydrogen) atoms. The van der Waals surface area contributed by atoms with Crippen molar-refractivity contribution in [3.05, 3.63) is 58.3 Å². The van der Waals surface area contributed by atoms with E-state index in [9.17, 15) is 22.8 Å². The van der Waals surface area contributed by atoms with Crippen molar-refractivity contribution in [2.45, 2.75) is 32.0 Å². The highest BCUT2D eigenvalue weighted by Gasteiger charge is 2.38. The standard InChI is InChI=1S/C19H18N4O3.C2HF3O2/c1-3-5-15-17-21-14-8-7-11(26-2)10-13(14)19(25)23(17)16-12(18(24)22-15)6-4-9-20-16;3-2(4,5)1(6)7/h4,6-10,15H,3,5H2,1-2H3,(H,22,24);(H,6,7). The van der Waals surface area contributed by atoms with Gasteiger partial charge >= 0.3 is 12.1 Å². The first kappa shape index (κ1) is 23.7. The molecule has 3 aromatic rings. The number of alkyl halides is 3. The van der Waals surface area contributed by atoms with Crippen LogP contribution in [0.15, 0.2) is 41.3 Å². The molecule has 2 N–H and O–H groups in total. The summed E-state index contributed by atoms with van der Waals surface area (Å²) in [5.41, 5.74) is 0.664. The Kier molecular flexibility index (Phi) is 6.65. The molecule has 1 aromatic carbocycles. The van der Waals surface area contributed by atoms with Crippen LogP contribution in [0.25, 0.3) is 16.7 Å². The van der Waals surface area contributed by atoms with Gasteiger partial charge in [-0.05, 0) is 36.8 Å². The van der Waals surface area contributed by atoms with Gasteiger partial charge in [-0.2, -0.15) is 13.2 Å². The average molecular weight is 464 g/mol. The molecule has 0 radical (unpaired) electrons. The molecular weight excluding hydrogens is 445 g/mol. The molecule has 0 fully saturated rings. The number of methoxy groups -OCH3 is 1. The number of hydrogen-bond donors (Lipinski definition) is 2. The third kappa shape index (κ3) is 4.78. The average Bonchev–Trinajstić information content (AvgIpc) is 2.89. The van der Waals surface area contributed by atoms with Gasteiger partial charge in [-0.25, -0.2) is 19.3 Å². The molecule has 0 saturated heterocycles. The van der Waals surface area contributed by atoms with Crippen molar-refractivity contribution >= 4 is 22.8 Å². The Morgan fingerprint density at radius 2 is 1.97 bits per heavy atom. The number of halogens is 3. The van der Waals surface area contributed by atoms with Gasteiger partial charge in [0.15, 0.2) is 5.82 Å². The van der Waals surface area contributed by atoms with E-state index < -0.39 is 12.1 Å². The topological polar surface area (TPSA) is 123 Å². The minimum atomic E-state index is -5.08. The van der Waals surface area contributed by atoms with Crippen molar-refractivity contribution < 1.29 is 32.6 Å². The van der Waals surface area contributed by atoms with Crippen LogP contribution in [-0.4, -0.2) is 44.8 Å². The highest BCUT2D eigenvalue weighted by Crippen LogP contribution is 2.27.